The highest BCUT2D eigenvalue weighted by atomic mass is 19.4. The third-order valence-corrected chi connectivity index (χ3v) is 1.76. The predicted octanol–water partition coefficient (Wildman–Crippen LogP) is 2.32. The molecule has 0 aliphatic carbocycles. The second-order valence-corrected chi connectivity index (χ2v) is 2.90. The summed E-state index contributed by atoms with van der Waals surface area (Å²) in [5.41, 5.74) is 5.30. The second kappa shape index (κ2) is 3.32. The van der Waals surface area contributed by atoms with Crippen LogP contribution in [0.25, 0.3) is 0 Å². The fourth-order valence-electron chi connectivity index (χ4n) is 1.04. The lowest BCUT2D eigenvalue weighted by Crippen LogP contribution is -2.23. The van der Waals surface area contributed by atoms with Crippen molar-refractivity contribution in [1.29, 1.82) is 0 Å². The number of aryl methyl sites for hydroxylation is 1. The van der Waals surface area contributed by atoms with Gasteiger partial charge in [0.25, 0.3) is 5.78 Å². The molecule has 1 rings (SSSR count). The molecule has 0 saturated heterocycles. The fraction of sp³-hybridized carbons (Fsp3) is 0.222. The van der Waals surface area contributed by atoms with Crippen LogP contribution in [0.3, 0.4) is 0 Å². The summed E-state index contributed by atoms with van der Waals surface area (Å²) in [4.78, 5) is 10.9. The normalized spacial score (nSPS) is 11.4. The Bertz CT molecular complexity index is 371. The number of carbonyl (C=O) groups is 1. The van der Waals surface area contributed by atoms with Crippen molar-refractivity contribution in [2.45, 2.75) is 13.1 Å². The molecule has 0 bridgehead atoms. The topological polar surface area (TPSA) is 43.1 Å². The van der Waals surface area contributed by atoms with Gasteiger partial charge in [0.2, 0.25) is 0 Å². The molecule has 0 unspecified atom stereocenters. The van der Waals surface area contributed by atoms with Gasteiger partial charge < -0.3 is 5.73 Å². The standard InChI is InChI=1S/C9H8F3NO/c1-5-2-3-6(13)4-7(5)8(14)9(10,11)12/h2-4H,13H2,1H3. The minimum atomic E-state index is -4.85. The summed E-state index contributed by atoms with van der Waals surface area (Å²) >= 11 is 0. The van der Waals surface area contributed by atoms with E-state index in [0.717, 1.165) is 6.07 Å². The van der Waals surface area contributed by atoms with E-state index in [2.05, 4.69) is 0 Å². The third-order valence-electron chi connectivity index (χ3n) is 1.76. The van der Waals surface area contributed by atoms with Gasteiger partial charge in [-0.2, -0.15) is 13.2 Å². The highest BCUT2D eigenvalue weighted by Crippen LogP contribution is 2.24. The minimum Gasteiger partial charge on any atom is -0.399 e. The molecule has 0 radical (unpaired) electrons. The number of hydrogen-bond donors (Lipinski definition) is 1. The maximum absolute atomic E-state index is 12.1. The highest BCUT2D eigenvalue weighted by Gasteiger charge is 2.39. The molecular formula is C9H8F3NO. The number of nitrogens with two attached hydrogens (primary N) is 1. The van der Waals surface area contributed by atoms with Crippen molar-refractivity contribution >= 4 is 11.5 Å². The number of nitrogen functional groups attached to an aromatic ring is 1. The van der Waals surface area contributed by atoms with E-state index in [4.69, 9.17) is 5.73 Å². The molecule has 0 atom stereocenters. The van der Waals surface area contributed by atoms with Gasteiger partial charge in [-0.05, 0) is 24.6 Å². The Morgan fingerprint density at radius 3 is 2.43 bits per heavy atom. The first-order chi connectivity index (χ1) is 6.32. The Hall–Kier alpha value is -1.52. The monoisotopic (exact) mass is 203 g/mol. The molecule has 5 heteroatoms. The summed E-state index contributed by atoms with van der Waals surface area (Å²) in [6.45, 7) is 1.43. The van der Waals surface area contributed by atoms with Crippen LogP contribution in [0.15, 0.2) is 18.2 Å². The fourth-order valence-corrected chi connectivity index (χ4v) is 1.04. The van der Waals surface area contributed by atoms with Gasteiger partial charge in [0.15, 0.2) is 0 Å². The van der Waals surface area contributed by atoms with Crippen molar-refractivity contribution in [2.24, 2.45) is 0 Å². The Morgan fingerprint density at radius 2 is 1.93 bits per heavy atom. The zero-order valence-electron chi connectivity index (χ0n) is 7.35. The smallest absolute Gasteiger partial charge is 0.399 e. The van der Waals surface area contributed by atoms with Crippen LogP contribution in [-0.4, -0.2) is 12.0 Å². The molecule has 0 fully saturated rings. The van der Waals surface area contributed by atoms with Crippen molar-refractivity contribution in [1.82, 2.24) is 0 Å². The molecule has 0 saturated carbocycles. The summed E-state index contributed by atoms with van der Waals surface area (Å²) in [5.74, 6) is -1.86. The number of alkyl halides is 3. The van der Waals surface area contributed by atoms with Crippen LogP contribution in [0, 0.1) is 6.92 Å². The molecule has 0 aliphatic rings. The number of hydrogen-bond acceptors (Lipinski definition) is 2. The van der Waals surface area contributed by atoms with Crippen molar-refractivity contribution in [3.05, 3.63) is 29.3 Å². The van der Waals surface area contributed by atoms with Gasteiger partial charge in [0.1, 0.15) is 0 Å². The number of ketones is 1. The molecule has 0 amide bonds. The van der Waals surface area contributed by atoms with Gasteiger partial charge in [-0.25, -0.2) is 0 Å². The van der Waals surface area contributed by atoms with E-state index in [1.54, 1.807) is 0 Å². The van der Waals surface area contributed by atoms with E-state index in [1.165, 1.54) is 19.1 Å². The van der Waals surface area contributed by atoms with E-state index < -0.39 is 17.5 Å². The van der Waals surface area contributed by atoms with Crippen LogP contribution in [0.5, 0.6) is 0 Å². The van der Waals surface area contributed by atoms with Crippen molar-refractivity contribution in [3.63, 3.8) is 0 Å². The van der Waals surface area contributed by atoms with Crippen LogP contribution in [0.4, 0.5) is 18.9 Å². The van der Waals surface area contributed by atoms with Crippen molar-refractivity contribution in [2.75, 3.05) is 5.73 Å². The highest BCUT2D eigenvalue weighted by molar-refractivity contribution is 6.02. The van der Waals surface area contributed by atoms with E-state index in [9.17, 15) is 18.0 Å². The van der Waals surface area contributed by atoms with Gasteiger partial charge in [0, 0.05) is 11.3 Å². The summed E-state index contributed by atoms with van der Waals surface area (Å²) < 4.78 is 36.2. The lowest BCUT2D eigenvalue weighted by molar-refractivity contribution is -0.0885. The summed E-state index contributed by atoms with van der Waals surface area (Å²) in [6.07, 6.45) is -4.85. The average Bonchev–Trinajstić information content (AvgIpc) is 2.06. The van der Waals surface area contributed by atoms with Gasteiger partial charge in [-0.15, -0.1) is 0 Å². The van der Waals surface area contributed by atoms with E-state index >= 15 is 0 Å². The number of benzene rings is 1. The lowest BCUT2D eigenvalue weighted by Gasteiger charge is -2.08. The summed E-state index contributed by atoms with van der Waals surface area (Å²) in [7, 11) is 0. The first-order valence-electron chi connectivity index (χ1n) is 3.80. The van der Waals surface area contributed by atoms with Gasteiger partial charge in [-0.1, -0.05) is 6.07 Å². The maximum atomic E-state index is 12.1. The first-order valence-corrected chi connectivity index (χ1v) is 3.80. The second-order valence-electron chi connectivity index (χ2n) is 2.90. The van der Waals surface area contributed by atoms with Crippen LogP contribution in [-0.2, 0) is 0 Å². The van der Waals surface area contributed by atoms with Crippen molar-refractivity contribution < 1.29 is 18.0 Å². The van der Waals surface area contributed by atoms with Gasteiger partial charge >= 0.3 is 6.18 Å². The zero-order valence-corrected chi connectivity index (χ0v) is 7.35. The van der Waals surface area contributed by atoms with Crippen LogP contribution in [0.2, 0.25) is 0 Å². The molecule has 76 valence electrons. The number of Topliss-reactive ketones (excluding diaryl/α,β-unsaturated/α-hetero) is 1. The number of rotatable bonds is 1. The predicted molar refractivity (Wildman–Crippen MR) is 46.0 cm³/mol. The zero-order chi connectivity index (χ0) is 10.9. The third kappa shape index (κ3) is 2.04. The summed E-state index contributed by atoms with van der Waals surface area (Å²) in [6, 6.07) is 3.86. The molecule has 0 aliphatic heterocycles. The molecule has 0 spiro atoms. The van der Waals surface area contributed by atoms with Crippen molar-refractivity contribution in [3.8, 4) is 0 Å². The lowest BCUT2D eigenvalue weighted by atomic mass is 10.0. The largest absolute Gasteiger partial charge is 0.454 e. The van der Waals surface area contributed by atoms with Crippen LogP contribution >= 0.6 is 0 Å². The van der Waals surface area contributed by atoms with E-state index in [-0.39, 0.29) is 11.3 Å². The minimum absolute atomic E-state index is 0.142. The first kappa shape index (κ1) is 10.6. The Morgan fingerprint density at radius 1 is 1.36 bits per heavy atom. The Labute approximate surface area is 78.5 Å². The molecule has 1 aromatic rings. The maximum Gasteiger partial charge on any atom is 0.454 e. The number of carbonyl (C=O) groups excluding carboxylic acids is 1. The van der Waals surface area contributed by atoms with Crippen LogP contribution < -0.4 is 5.73 Å². The Balaban J connectivity index is 3.19. The molecule has 1 aromatic carbocycles. The molecule has 2 nitrogen and oxygen atoms in total. The molecule has 14 heavy (non-hydrogen) atoms. The number of halogens is 3. The molecule has 2 N–H and O–H groups in total. The number of anilines is 1. The van der Waals surface area contributed by atoms with E-state index in [0.29, 0.717) is 0 Å². The summed E-state index contributed by atoms with van der Waals surface area (Å²) in [5, 5.41) is 0. The van der Waals surface area contributed by atoms with Gasteiger partial charge in [-0.3, -0.25) is 4.79 Å². The molecule has 0 aromatic heterocycles. The molecule has 0 heterocycles. The van der Waals surface area contributed by atoms with E-state index in [1.807, 2.05) is 0 Å². The quantitative estimate of drug-likeness (QED) is 0.562. The SMILES string of the molecule is Cc1ccc(N)cc1C(=O)C(F)(F)F. The van der Waals surface area contributed by atoms with Gasteiger partial charge in [0.05, 0.1) is 0 Å². The Kier molecular flexibility index (Phi) is 2.51. The van der Waals surface area contributed by atoms with Crippen LogP contribution in [0.1, 0.15) is 15.9 Å². The average molecular weight is 203 g/mol. The molecular weight excluding hydrogens is 195 g/mol.